The number of carbonyl (C=O) groups is 3. The molecule has 23 heavy (non-hydrogen) atoms. The monoisotopic (exact) mass is 330 g/mol. The number of alkyl carbamates (subject to hydrolysis) is 1. The van der Waals surface area contributed by atoms with Crippen molar-refractivity contribution in [3.8, 4) is 0 Å². The number of hydrogen-bond donors (Lipinski definition) is 3. The lowest BCUT2D eigenvalue weighted by molar-refractivity contribution is -0.143. The third-order valence-electron chi connectivity index (χ3n) is 3.40. The summed E-state index contributed by atoms with van der Waals surface area (Å²) < 4.78 is 5.14. The SMILES string of the molecule is CC[C@H](C)[C@H](NC(=O)[C@@H](NC(=O)OC(C)(C)C)C(C)C)C(=O)O. The maximum Gasteiger partial charge on any atom is 0.408 e. The molecule has 0 bridgehead atoms. The van der Waals surface area contributed by atoms with Crippen LogP contribution < -0.4 is 10.6 Å². The maximum atomic E-state index is 12.4. The molecule has 0 aliphatic heterocycles. The number of hydrogen-bond acceptors (Lipinski definition) is 4. The predicted molar refractivity (Wildman–Crippen MR) is 87.0 cm³/mol. The Bertz CT molecular complexity index is 429. The van der Waals surface area contributed by atoms with Gasteiger partial charge >= 0.3 is 12.1 Å². The number of carbonyl (C=O) groups excluding carboxylic acids is 2. The molecule has 0 saturated heterocycles. The van der Waals surface area contributed by atoms with E-state index < -0.39 is 35.7 Å². The number of rotatable bonds is 7. The van der Waals surface area contributed by atoms with Gasteiger partial charge < -0.3 is 20.5 Å². The summed E-state index contributed by atoms with van der Waals surface area (Å²) in [5, 5.41) is 14.3. The first-order valence-corrected chi connectivity index (χ1v) is 7.91. The number of aliphatic carboxylic acids is 1. The first-order valence-electron chi connectivity index (χ1n) is 7.91. The molecule has 2 amide bonds. The summed E-state index contributed by atoms with van der Waals surface area (Å²) in [6, 6.07) is -1.86. The molecule has 134 valence electrons. The van der Waals surface area contributed by atoms with Gasteiger partial charge in [-0.1, -0.05) is 34.1 Å². The van der Waals surface area contributed by atoms with Gasteiger partial charge in [0.1, 0.15) is 17.7 Å². The van der Waals surface area contributed by atoms with Crippen LogP contribution in [0.2, 0.25) is 0 Å². The summed E-state index contributed by atoms with van der Waals surface area (Å²) in [7, 11) is 0. The first kappa shape index (κ1) is 21.2. The van der Waals surface area contributed by atoms with Gasteiger partial charge in [-0.15, -0.1) is 0 Å². The van der Waals surface area contributed by atoms with E-state index in [2.05, 4.69) is 10.6 Å². The minimum Gasteiger partial charge on any atom is -0.480 e. The van der Waals surface area contributed by atoms with Crippen molar-refractivity contribution >= 4 is 18.0 Å². The van der Waals surface area contributed by atoms with E-state index >= 15 is 0 Å². The van der Waals surface area contributed by atoms with Crippen LogP contribution in [-0.4, -0.2) is 40.8 Å². The molecular formula is C16H30N2O5. The standard InChI is InChI=1S/C16H30N2O5/c1-8-10(4)12(14(20)21)17-13(19)11(9(2)3)18-15(22)23-16(5,6)7/h9-12H,8H2,1-7H3,(H,17,19)(H,18,22)(H,20,21)/t10-,11-,12-/m0/s1. The van der Waals surface area contributed by atoms with Gasteiger partial charge in [0.2, 0.25) is 5.91 Å². The minimum absolute atomic E-state index is 0.214. The Hall–Kier alpha value is -1.79. The quantitative estimate of drug-likeness (QED) is 0.663. The fourth-order valence-electron chi connectivity index (χ4n) is 1.90. The first-order chi connectivity index (χ1) is 10.4. The molecule has 0 rings (SSSR count). The zero-order valence-corrected chi connectivity index (χ0v) is 15.1. The summed E-state index contributed by atoms with van der Waals surface area (Å²) in [6.07, 6.45) is -0.0925. The van der Waals surface area contributed by atoms with Crippen LogP contribution in [0.4, 0.5) is 4.79 Å². The topological polar surface area (TPSA) is 105 Å². The molecule has 0 radical (unpaired) electrons. The summed E-state index contributed by atoms with van der Waals surface area (Å²) in [5.41, 5.74) is -0.678. The molecule has 0 aliphatic rings. The largest absolute Gasteiger partial charge is 0.480 e. The minimum atomic E-state index is -1.09. The van der Waals surface area contributed by atoms with Gasteiger partial charge in [-0.3, -0.25) is 4.79 Å². The number of nitrogens with one attached hydrogen (secondary N) is 2. The number of ether oxygens (including phenoxy) is 1. The van der Waals surface area contributed by atoms with Crippen LogP contribution in [0, 0.1) is 11.8 Å². The van der Waals surface area contributed by atoms with E-state index in [1.54, 1.807) is 41.5 Å². The second kappa shape index (κ2) is 8.74. The van der Waals surface area contributed by atoms with Crippen LogP contribution in [0.25, 0.3) is 0 Å². The van der Waals surface area contributed by atoms with Crippen molar-refractivity contribution in [2.24, 2.45) is 11.8 Å². The van der Waals surface area contributed by atoms with Crippen LogP contribution >= 0.6 is 0 Å². The van der Waals surface area contributed by atoms with E-state index in [1.807, 2.05) is 6.92 Å². The van der Waals surface area contributed by atoms with Gasteiger partial charge in [0.05, 0.1) is 0 Å². The van der Waals surface area contributed by atoms with Crippen LogP contribution in [-0.2, 0) is 14.3 Å². The summed E-state index contributed by atoms with van der Waals surface area (Å²) in [6.45, 7) is 12.3. The lowest BCUT2D eigenvalue weighted by atomic mass is 9.97. The van der Waals surface area contributed by atoms with Crippen molar-refractivity contribution in [3.63, 3.8) is 0 Å². The Morgan fingerprint density at radius 2 is 1.57 bits per heavy atom. The molecular weight excluding hydrogens is 300 g/mol. The zero-order chi connectivity index (χ0) is 18.4. The third-order valence-corrected chi connectivity index (χ3v) is 3.40. The van der Waals surface area contributed by atoms with Crippen LogP contribution in [0.15, 0.2) is 0 Å². The highest BCUT2D eigenvalue weighted by Gasteiger charge is 2.32. The van der Waals surface area contributed by atoms with Crippen LogP contribution in [0.5, 0.6) is 0 Å². The van der Waals surface area contributed by atoms with E-state index in [1.165, 1.54) is 0 Å². The molecule has 0 fully saturated rings. The van der Waals surface area contributed by atoms with Crippen molar-refractivity contribution in [1.82, 2.24) is 10.6 Å². The summed E-state index contributed by atoms with van der Waals surface area (Å²) >= 11 is 0. The molecule has 0 unspecified atom stereocenters. The lowest BCUT2D eigenvalue weighted by Crippen LogP contribution is -2.55. The number of amides is 2. The molecule has 0 aromatic rings. The van der Waals surface area contributed by atoms with E-state index in [9.17, 15) is 19.5 Å². The Kier molecular flexibility index (Phi) is 8.06. The highest BCUT2D eigenvalue weighted by molar-refractivity contribution is 5.89. The van der Waals surface area contributed by atoms with Gasteiger partial charge in [-0.25, -0.2) is 9.59 Å². The Morgan fingerprint density at radius 1 is 1.04 bits per heavy atom. The molecule has 0 saturated carbocycles. The van der Waals surface area contributed by atoms with Gasteiger partial charge in [0.25, 0.3) is 0 Å². The molecule has 7 heteroatoms. The predicted octanol–water partition coefficient (Wildman–Crippen LogP) is 2.15. The molecule has 0 spiro atoms. The molecule has 0 aliphatic carbocycles. The Balaban J connectivity index is 4.99. The molecule has 7 nitrogen and oxygen atoms in total. The molecule has 3 N–H and O–H groups in total. The van der Waals surface area contributed by atoms with Crippen molar-refractivity contribution in [2.75, 3.05) is 0 Å². The van der Waals surface area contributed by atoms with E-state index in [4.69, 9.17) is 4.74 Å². The maximum absolute atomic E-state index is 12.4. The number of carboxylic acids is 1. The highest BCUT2D eigenvalue weighted by atomic mass is 16.6. The van der Waals surface area contributed by atoms with E-state index in [0.717, 1.165) is 0 Å². The van der Waals surface area contributed by atoms with Crippen molar-refractivity contribution in [3.05, 3.63) is 0 Å². The Labute approximate surface area is 138 Å². The second-order valence-corrected chi connectivity index (χ2v) is 7.08. The van der Waals surface area contributed by atoms with Gasteiger partial charge in [0, 0.05) is 0 Å². The fraction of sp³-hybridized carbons (Fsp3) is 0.812. The number of carboxylic acid groups (broad SMARTS) is 1. The van der Waals surface area contributed by atoms with E-state index in [-0.39, 0.29) is 11.8 Å². The normalized spacial score (nSPS) is 15.5. The van der Waals surface area contributed by atoms with Crippen LogP contribution in [0.3, 0.4) is 0 Å². The molecule has 3 atom stereocenters. The van der Waals surface area contributed by atoms with Crippen molar-refractivity contribution in [1.29, 1.82) is 0 Å². The second-order valence-electron chi connectivity index (χ2n) is 7.08. The third kappa shape index (κ3) is 7.85. The average Bonchev–Trinajstić information content (AvgIpc) is 2.38. The smallest absolute Gasteiger partial charge is 0.408 e. The van der Waals surface area contributed by atoms with Gasteiger partial charge in [-0.05, 0) is 32.6 Å². The van der Waals surface area contributed by atoms with Gasteiger partial charge in [-0.2, -0.15) is 0 Å². The summed E-state index contributed by atoms with van der Waals surface area (Å²) in [4.78, 5) is 35.5. The zero-order valence-electron chi connectivity index (χ0n) is 15.1. The van der Waals surface area contributed by atoms with E-state index in [0.29, 0.717) is 6.42 Å². The Morgan fingerprint density at radius 3 is 1.91 bits per heavy atom. The summed E-state index contributed by atoms with van der Waals surface area (Å²) in [5.74, 6) is -2.05. The lowest BCUT2D eigenvalue weighted by Gasteiger charge is -2.27. The molecule has 0 heterocycles. The highest BCUT2D eigenvalue weighted by Crippen LogP contribution is 2.11. The molecule has 0 aromatic carbocycles. The fourth-order valence-corrected chi connectivity index (χ4v) is 1.90. The van der Waals surface area contributed by atoms with Crippen molar-refractivity contribution in [2.45, 2.75) is 72.6 Å². The van der Waals surface area contributed by atoms with Crippen molar-refractivity contribution < 1.29 is 24.2 Å². The average molecular weight is 330 g/mol. The molecule has 0 aromatic heterocycles. The van der Waals surface area contributed by atoms with Gasteiger partial charge in [0.15, 0.2) is 0 Å². The van der Waals surface area contributed by atoms with Crippen LogP contribution in [0.1, 0.15) is 54.9 Å².